The fourth-order valence-corrected chi connectivity index (χ4v) is 3.21. The summed E-state index contributed by atoms with van der Waals surface area (Å²) in [5.74, 6) is -1.15. The highest BCUT2D eigenvalue weighted by atomic mass is 35.5. The smallest absolute Gasteiger partial charge is 0.345 e. The van der Waals surface area contributed by atoms with Crippen molar-refractivity contribution in [2.24, 2.45) is 0 Å². The van der Waals surface area contributed by atoms with E-state index in [0.29, 0.717) is 17.1 Å². The summed E-state index contributed by atoms with van der Waals surface area (Å²) in [6.45, 7) is 2.61. The zero-order valence-corrected chi connectivity index (χ0v) is 14.8. The summed E-state index contributed by atoms with van der Waals surface area (Å²) in [6, 6.07) is 1.55. The Hall–Kier alpha value is -1.37. The minimum atomic E-state index is -1.09. The van der Waals surface area contributed by atoms with Crippen LogP contribution in [0.4, 0.5) is 0 Å². The molecule has 2 N–H and O–H groups in total. The number of nitrogens with one attached hydrogen (secondary N) is 1. The molecule has 1 aromatic rings. The van der Waals surface area contributed by atoms with Gasteiger partial charge in [-0.15, -0.1) is 11.8 Å². The van der Waals surface area contributed by atoms with E-state index >= 15 is 0 Å². The molecule has 0 saturated heterocycles. The first-order valence-electron chi connectivity index (χ1n) is 6.83. The van der Waals surface area contributed by atoms with Crippen LogP contribution in [0, 0.1) is 0 Å². The second-order valence-corrected chi connectivity index (χ2v) is 6.40. The first-order valence-corrected chi connectivity index (χ1v) is 8.81. The van der Waals surface area contributed by atoms with Gasteiger partial charge in [-0.2, -0.15) is 0 Å². The molecule has 0 aromatic heterocycles. The highest BCUT2D eigenvalue weighted by molar-refractivity contribution is 8.02. The fourth-order valence-electron chi connectivity index (χ4n) is 2.19. The van der Waals surface area contributed by atoms with E-state index in [-0.39, 0.29) is 33.6 Å². The maximum absolute atomic E-state index is 12.4. The number of benzene rings is 1. The van der Waals surface area contributed by atoms with Crippen LogP contribution in [0.5, 0.6) is 5.75 Å². The minimum absolute atomic E-state index is 0.0645. The molecule has 1 unspecified atom stereocenters. The van der Waals surface area contributed by atoms with E-state index in [1.807, 2.05) is 13.2 Å². The Bertz CT molecular complexity index is 691. The fraction of sp³-hybridized carbons (Fsp3) is 0.333. The van der Waals surface area contributed by atoms with Crippen LogP contribution >= 0.6 is 35.0 Å². The van der Waals surface area contributed by atoms with Crippen LogP contribution in [0.2, 0.25) is 10.0 Å². The lowest BCUT2D eigenvalue weighted by Gasteiger charge is -2.10. The minimum Gasteiger partial charge on any atom is -0.478 e. The maximum Gasteiger partial charge on any atom is 0.345 e. The lowest BCUT2D eigenvalue weighted by molar-refractivity contribution is -0.144. The van der Waals surface area contributed by atoms with Gasteiger partial charge in [0.1, 0.15) is 10.8 Å². The molecule has 0 amide bonds. The average molecular weight is 376 g/mol. The van der Waals surface area contributed by atoms with Crippen LogP contribution in [0.3, 0.4) is 0 Å². The maximum atomic E-state index is 12.4. The zero-order valence-electron chi connectivity index (χ0n) is 12.5. The molecule has 1 aliphatic rings. The van der Waals surface area contributed by atoms with Crippen LogP contribution < -0.4 is 10.1 Å². The van der Waals surface area contributed by atoms with Crippen LogP contribution in [0.15, 0.2) is 17.2 Å². The van der Waals surface area contributed by atoms with Crippen molar-refractivity contribution in [2.45, 2.75) is 19.4 Å². The molecule has 23 heavy (non-hydrogen) atoms. The molecule has 2 rings (SSSR count). The van der Waals surface area contributed by atoms with Crippen LogP contribution in [0.1, 0.15) is 22.8 Å². The third kappa shape index (κ3) is 3.76. The number of carbonyl (C=O) groups excluding carboxylic acids is 1. The average Bonchev–Trinajstić information content (AvgIpc) is 2.94. The summed E-state index contributed by atoms with van der Waals surface area (Å²) >= 11 is 13.7. The lowest BCUT2D eigenvalue weighted by atomic mass is 10.0. The van der Waals surface area contributed by atoms with Crippen molar-refractivity contribution in [3.63, 3.8) is 0 Å². The Morgan fingerprint density at radius 3 is 2.74 bits per heavy atom. The van der Waals surface area contributed by atoms with Gasteiger partial charge in [-0.1, -0.05) is 23.2 Å². The number of ketones is 1. The van der Waals surface area contributed by atoms with Crippen LogP contribution in [-0.2, 0) is 11.2 Å². The van der Waals surface area contributed by atoms with Gasteiger partial charge in [0.05, 0.1) is 10.1 Å². The number of aliphatic carboxylic acids is 1. The normalized spacial score (nSPS) is 16.7. The lowest BCUT2D eigenvalue weighted by Crippen LogP contribution is -2.24. The first-order chi connectivity index (χ1) is 10.9. The Balaban J connectivity index is 2.39. The molecule has 0 spiro atoms. The summed E-state index contributed by atoms with van der Waals surface area (Å²) < 4.78 is 5.30. The molecule has 1 heterocycles. The number of hydrogen-bond donors (Lipinski definition) is 2. The number of allylic oxidation sites excluding steroid dienone is 1. The predicted molar refractivity (Wildman–Crippen MR) is 91.8 cm³/mol. The molecule has 8 heteroatoms. The summed E-state index contributed by atoms with van der Waals surface area (Å²) in [4.78, 5) is 23.5. The van der Waals surface area contributed by atoms with Gasteiger partial charge in [-0.05, 0) is 19.2 Å². The molecule has 1 aliphatic heterocycles. The highest BCUT2D eigenvalue weighted by Crippen LogP contribution is 2.42. The summed E-state index contributed by atoms with van der Waals surface area (Å²) in [7, 11) is 0. The van der Waals surface area contributed by atoms with Gasteiger partial charge in [0.2, 0.25) is 0 Å². The molecular formula is C15H15Cl2NO4S. The molecule has 0 radical (unpaired) electrons. The van der Waals surface area contributed by atoms with Gasteiger partial charge in [0, 0.05) is 30.2 Å². The summed E-state index contributed by atoms with van der Waals surface area (Å²) in [5, 5.41) is 13.0. The molecule has 0 fully saturated rings. The third-order valence-electron chi connectivity index (χ3n) is 3.28. The number of thioether (sulfide) groups is 1. The number of carbonyl (C=O) groups is 2. The topological polar surface area (TPSA) is 75.6 Å². The summed E-state index contributed by atoms with van der Waals surface area (Å²) in [6.07, 6.45) is 2.43. The van der Waals surface area contributed by atoms with Crippen molar-refractivity contribution in [1.82, 2.24) is 5.32 Å². The van der Waals surface area contributed by atoms with Gasteiger partial charge >= 0.3 is 5.97 Å². The molecule has 0 saturated carbocycles. The van der Waals surface area contributed by atoms with Gasteiger partial charge in [-0.3, -0.25) is 4.79 Å². The van der Waals surface area contributed by atoms with E-state index in [0.717, 1.165) is 0 Å². The Labute approximate surface area is 148 Å². The van der Waals surface area contributed by atoms with Crippen LogP contribution in [0.25, 0.3) is 0 Å². The van der Waals surface area contributed by atoms with Crippen molar-refractivity contribution in [3.05, 3.63) is 38.3 Å². The van der Waals surface area contributed by atoms with E-state index in [1.165, 1.54) is 17.8 Å². The van der Waals surface area contributed by atoms with Crippen molar-refractivity contribution >= 4 is 46.7 Å². The third-order valence-corrected chi connectivity index (χ3v) is 4.83. The summed E-state index contributed by atoms with van der Waals surface area (Å²) in [5.41, 5.74) is 0.798. The van der Waals surface area contributed by atoms with E-state index in [1.54, 1.807) is 6.07 Å². The van der Waals surface area contributed by atoms with Crippen LogP contribution in [-0.4, -0.2) is 35.8 Å². The molecule has 0 aliphatic carbocycles. The highest BCUT2D eigenvalue weighted by Gasteiger charge is 2.33. The van der Waals surface area contributed by atoms with E-state index in [9.17, 15) is 9.59 Å². The molecule has 1 atom stereocenters. The molecule has 1 aromatic carbocycles. The number of hydrogen-bond acceptors (Lipinski definition) is 5. The first kappa shape index (κ1) is 18.0. The Morgan fingerprint density at radius 1 is 1.48 bits per heavy atom. The standard InChI is InChI=1S/C15H15Cl2NO4S/c1-3-18-11(23-2)6-9(19)8-4-7-5-10(15(20)21)22-14(7)13(17)12(8)16/h4,6,10,18H,3,5H2,1-2H3,(H,20,21)/b11-6-. The monoisotopic (exact) mass is 375 g/mol. The van der Waals surface area contributed by atoms with Crippen molar-refractivity contribution < 1.29 is 19.4 Å². The molecular weight excluding hydrogens is 361 g/mol. The van der Waals surface area contributed by atoms with Gasteiger partial charge in [0.25, 0.3) is 0 Å². The van der Waals surface area contributed by atoms with Gasteiger partial charge < -0.3 is 15.2 Å². The quantitative estimate of drug-likeness (QED) is 0.586. The van der Waals surface area contributed by atoms with E-state index in [2.05, 4.69) is 5.32 Å². The molecule has 0 bridgehead atoms. The Kier molecular flexibility index (Phi) is 5.84. The zero-order chi connectivity index (χ0) is 17.1. The predicted octanol–water partition coefficient (Wildman–Crippen LogP) is 3.38. The second-order valence-electron chi connectivity index (χ2n) is 4.80. The molecule has 5 nitrogen and oxygen atoms in total. The van der Waals surface area contributed by atoms with Gasteiger partial charge in [0.15, 0.2) is 11.9 Å². The van der Waals surface area contributed by atoms with Gasteiger partial charge in [-0.25, -0.2) is 4.79 Å². The SMILES string of the molecule is CCN/C(=C/C(=O)c1cc2c(c(Cl)c1Cl)OC(C(=O)O)C2)SC. The van der Waals surface area contributed by atoms with Crippen molar-refractivity contribution in [3.8, 4) is 5.75 Å². The number of ether oxygens (including phenoxy) is 1. The number of carboxylic acids is 1. The Morgan fingerprint density at radius 2 is 2.17 bits per heavy atom. The largest absolute Gasteiger partial charge is 0.478 e. The van der Waals surface area contributed by atoms with Crippen molar-refractivity contribution in [1.29, 1.82) is 0 Å². The number of carboxylic acid groups (broad SMARTS) is 1. The molecule has 124 valence electrons. The van der Waals surface area contributed by atoms with E-state index < -0.39 is 12.1 Å². The van der Waals surface area contributed by atoms with Crippen molar-refractivity contribution in [2.75, 3.05) is 12.8 Å². The number of rotatable bonds is 6. The number of halogens is 2. The second kappa shape index (κ2) is 7.47. The number of fused-ring (bicyclic) bond motifs is 1. The van der Waals surface area contributed by atoms with E-state index in [4.69, 9.17) is 33.0 Å².